The number of hydrogen-bond donors (Lipinski definition) is 1. The molecule has 2 aromatic rings. The zero-order valence-corrected chi connectivity index (χ0v) is 12.8. The van der Waals surface area contributed by atoms with E-state index in [9.17, 15) is 0 Å². The molecule has 0 fully saturated rings. The average Bonchev–Trinajstić information content (AvgIpc) is 2.81. The van der Waals surface area contributed by atoms with Gasteiger partial charge in [-0.1, -0.05) is 26.0 Å². The Morgan fingerprint density at radius 1 is 1.25 bits per heavy atom. The minimum absolute atomic E-state index is 0.431. The van der Waals surface area contributed by atoms with Crippen molar-refractivity contribution in [2.24, 2.45) is 0 Å². The lowest BCUT2D eigenvalue weighted by molar-refractivity contribution is 0.619. The molecule has 0 saturated carbocycles. The zero-order chi connectivity index (χ0) is 14.3. The Balaban J connectivity index is 2.25. The van der Waals surface area contributed by atoms with Crippen LogP contribution in [0.2, 0.25) is 0 Å². The fourth-order valence-electron chi connectivity index (χ4n) is 2.95. The molecule has 0 saturated heterocycles. The Kier molecular flexibility index (Phi) is 3.38. The van der Waals surface area contributed by atoms with Crippen molar-refractivity contribution in [2.75, 3.05) is 6.54 Å². The van der Waals surface area contributed by atoms with Gasteiger partial charge in [0.1, 0.15) is 5.82 Å². The van der Waals surface area contributed by atoms with Crippen molar-refractivity contribution in [3.63, 3.8) is 0 Å². The van der Waals surface area contributed by atoms with Crippen molar-refractivity contribution in [3.8, 4) is 5.69 Å². The van der Waals surface area contributed by atoms with Gasteiger partial charge in [-0.25, -0.2) is 4.98 Å². The maximum atomic E-state index is 4.90. The number of aryl methyl sites for hydroxylation is 2. The lowest BCUT2D eigenvalue weighted by Crippen LogP contribution is -2.25. The third-order valence-electron chi connectivity index (χ3n) is 4.03. The molecule has 1 N–H and O–H groups in total. The monoisotopic (exact) mass is 269 g/mol. The van der Waals surface area contributed by atoms with Gasteiger partial charge >= 0.3 is 0 Å². The summed E-state index contributed by atoms with van der Waals surface area (Å²) in [4.78, 5) is 4.90. The maximum absolute atomic E-state index is 4.90. The van der Waals surface area contributed by atoms with Crippen LogP contribution in [0.1, 0.15) is 48.1 Å². The second-order valence-electron chi connectivity index (χ2n) is 6.07. The highest BCUT2D eigenvalue weighted by Crippen LogP contribution is 2.28. The van der Waals surface area contributed by atoms with Gasteiger partial charge in [-0.05, 0) is 31.0 Å². The summed E-state index contributed by atoms with van der Waals surface area (Å²) in [6, 6.07) is 6.67. The number of imidazole rings is 1. The topological polar surface area (TPSA) is 29.9 Å². The second kappa shape index (κ2) is 5.06. The number of rotatable bonds is 2. The summed E-state index contributed by atoms with van der Waals surface area (Å²) in [7, 11) is 0. The summed E-state index contributed by atoms with van der Waals surface area (Å²) in [5, 5.41) is 3.42. The molecule has 20 heavy (non-hydrogen) atoms. The molecular weight excluding hydrogens is 246 g/mol. The van der Waals surface area contributed by atoms with Crippen molar-refractivity contribution in [3.05, 3.63) is 46.5 Å². The van der Waals surface area contributed by atoms with Crippen molar-refractivity contribution in [1.82, 2.24) is 14.9 Å². The van der Waals surface area contributed by atoms with E-state index < -0.39 is 0 Å². The number of aromatic nitrogens is 2. The minimum Gasteiger partial charge on any atom is -0.311 e. The van der Waals surface area contributed by atoms with Gasteiger partial charge in [0.25, 0.3) is 0 Å². The molecular formula is C17H23N3. The van der Waals surface area contributed by atoms with Crippen LogP contribution in [-0.2, 0) is 13.0 Å². The SMILES string of the molecule is Cc1ccc(C)c(-n2c(C(C)C)nc3c2CCNC3)c1. The zero-order valence-electron chi connectivity index (χ0n) is 12.8. The Hall–Kier alpha value is -1.61. The molecule has 3 heteroatoms. The van der Waals surface area contributed by atoms with Crippen LogP contribution >= 0.6 is 0 Å². The van der Waals surface area contributed by atoms with E-state index in [2.05, 4.69) is 55.8 Å². The molecule has 0 amide bonds. The van der Waals surface area contributed by atoms with Crippen LogP contribution in [0.15, 0.2) is 18.2 Å². The summed E-state index contributed by atoms with van der Waals surface area (Å²) in [5.41, 5.74) is 6.53. The van der Waals surface area contributed by atoms with E-state index in [1.54, 1.807) is 0 Å². The van der Waals surface area contributed by atoms with Gasteiger partial charge in [0, 0.05) is 31.1 Å². The average molecular weight is 269 g/mol. The predicted molar refractivity (Wildman–Crippen MR) is 82.5 cm³/mol. The summed E-state index contributed by atoms with van der Waals surface area (Å²) >= 11 is 0. The third kappa shape index (κ3) is 2.16. The molecule has 1 aromatic heterocycles. The highest BCUT2D eigenvalue weighted by Gasteiger charge is 2.22. The molecule has 1 aliphatic rings. The number of nitrogens with zero attached hydrogens (tertiary/aromatic N) is 2. The van der Waals surface area contributed by atoms with E-state index in [0.717, 1.165) is 19.5 Å². The molecule has 3 nitrogen and oxygen atoms in total. The third-order valence-corrected chi connectivity index (χ3v) is 4.03. The number of benzene rings is 1. The molecule has 106 valence electrons. The molecule has 2 heterocycles. The van der Waals surface area contributed by atoms with Gasteiger partial charge < -0.3 is 5.32 Å². The van der Waals surface area contributed by atoms with E-state index in [1.807, 2.05) is 0 Å². The first-order valence-corrected chi connectivity index (χ1v) is 7.46. The Morgan fingerprint density at radius 3 is 2.80 bits per heavy atom. The van der Waals surface area contributed by atoms with Gasteiger partial charge in [-0.2, -0.15) is 0 Å². The van der Waals surface area contributed by atoms with Crippen LogP contribution in [0.3, 0.4) is 0 Å². The van der Waals surface area contributed by atoms with Crippen LogP contribution < -0.4 is 5.32 Å². The van der Waals surface area contributed by atoms with E-state index in [4.69, 9.17) is 4.98 Å². The smallest absolute Gasteiger partial charge is 0.116 e. The van der Waals surface area contributed by atoms with E-state index >= 15 is 0 Å². The molecule has 0 atom stereocenters. The summed E-state index contributed by atoms with van der Waals surface area (Å²) < 4.78 is 2.41. The fraction of sp³-hybridized carbons (Fsp3) is 0.471. The van der Waals surface area contributed by atoms with Gasteiger partial charge in [-0.15, -0.1) is 0 Å². The first-order chi connectivity index (χ1) is 9.58. The van der Waals surface area contributed by atoms with Gasteiger partial charge in [0.2, 0.25) is 0 Å². The van der Waals surface area contributed by atoms with E-state index in [1.165, 1.54) is 34.0 Å². The molecule has 3 rings (SSSR count). The predicted octanol–water partition coefficient (Wildman–Crippen LogP) is 3.26. The van der Waals surface area contributed by atoms with Crippen LogP contribution in [0, 0.1) is 13.8 Å². The van der Waals surface area contributed by atoms with Crippen molar-refractivity contribution in [2.45, 2.75) is 46.6 Å². The van der Waals surface area contributed by atoms with Gasteiger partial charge in [0.05, 0.1) is 11.4 Å². The first kappa shape index (κ1) is 13.4. The minimum atomic E-state index is 0.431. The number of fused-ring (bicyclic) bond motifs is 1. The molecule has 0 unspecified atom stereocenters. The quantitative estimate of drug-likeness (QED) is 0.907. The Morgan fingerprint density at radius 2 is 2.05 bits per heavy atom. The second-order valence-corrected chi connectivity index (χ2v) is 6.07. The molecule has 1 aliphatic heterocycles. The standard InChI is InChI=1S/C17H23N3/c1-11(2)17-19-14-10-18-8-7-15(14)20(17)16-9-12(3)5-6-13(16)4/h5-6,9,11,18H,7-8,10H2,1-4H3. The molecule has 0 aliphatic carbocycles. The molecule has 0 radical (unpaired) electrons. The number of nitrogens with one attached hydrogen (secondary N) is 1. The van der Waals surface area contributed by atoms with Crippen LogP contribution in [-0.4, -0.2) is 16.1 Å². The summed E-state index contributed by atoms with van der Waals surface area (Å²) in [6.45, 7) is 10.7. The largest absolute Gasteiger partial charge is 0.311 e. The summed E-state index contributed by atoms with van der Waals surface area (Å²) in [5.74, 6) is 1.62. The number of hydrogen-bond acceptors (Lipinski definition) is 2. The van der Waals surface area contributed by atoms with Gasteiger partial charge in [0.15, 0.2) is 0 Å². The molecule has 0 spiro atoms. The van der Waals surface area contributed by atoms with Crippen molar-refractivity contribution >= 4 is 0 Å². The Bertz CT molecular complexity index is 638. The lowest BCUT2D eigenvalue weighted by atomic mass is 10.1. The fourth-order valence-corrected chi connectivity index (χ4v) is 2.95. The Labute approximate surface area is 121 Å². The van der Waals surface area contributed by atoms with Gasteiger partial charge in [-0.3, -0.25) is 4.57 Å². The maximum Gasteiger partial charge on any atom is 0.116 e. The summed E-state index contributed by atoms with van der Waals surface area (Å²) in [6.07, 6.45) is 1.06. The van der Waals surface area contributed by atoms with Crippen LogP contribution in [0.5, 0.6) is 0 Å². The first-order valence-electron chi connectivity index (χ1n) is 7.46. The highest BCUT2D eigenvalue weighted by atomic mass is 15.1. The van der Waals surface area contributed by atoms with Crippen molar-refractivity contribution < 1.29 is 0 Å². The highest BCUT2D eigenvalue weighted by molar-refractivity contribution is 5.47. The van der Waals surface area contributed by atoms with E-state index in [0.29, 0.717) is 5.92 Å². The van der Waals surface area contributed by atoms with E-state index in [-0.39, 0.29) is 0 Å². The normalized spacial score (nSPS) is 14.7. The van der Waals surface area contributed by atoms with Crippen LogP contribution in [0.4, 0.5) is 0 Å². The molecule has 0 bridgehead atoms. The molecule has 1 aromatic carbocycles. The lowest BCUT2D eigenvalue weighted by Gasteiger charge is -2.19. The van der Waals surface area contributed by atoms with Crippen LogP contribution in [0.25, 0.3) is 5.69 Å². The van der Waals surface area contributed by atoms with Crippen molar-refractivity contribution in [1.29, 1.82) is 0 Å².